The molecule has 0 aromatic heterocycles. The smallest absolute Gasteiger partial charge is 0.405 e. The van der Waals surface area contributed by atoms with Gasteiger partial charge in [-0.1, -0.05) is 18.9 Å². The first kappa shape index (κ1) is 17.8. The van der Waals surface area contributed by atoms with Crippen LogP contribution in [-0.2, 0) is 10.2 Å². The second kappa shape index (κ2) is 6.94. The van der Waals surface area contributed by atoms with E-state index in [0.29, 0.717) is 12.8 Å². The summed E-state index contributed by atoms with van der Waals surface area (Å²) in [5.41, 5.74) is -0.721. The molecule has 1 aliphatic rings. The van der Waals surface area contributed by atoms with Crippen molar-refractivity contribution >= 4 is 22.0 Å². The average Bonchev–Trinajstić information content (AvgIpc) is 2.91. The Morgan fingerprint density at radius 2 is 2.08 bits per heavy atom. The zero-order valence-electron chi connectivity index (χ0n) is 12.8. The highest BCUT2D eigenvalue weighted by Crippen LogP contribution is 2.32. The summed E-state index contributed by atoms with van der Waals surface area (Å²) in [5.74, 6) is 0.157. The van der Waals surface area contributed by atoms with E-state index < -0.39 is 21.8 Å². The minimum atomic E-state index is -4.03. The molecule has 1 saturated carbocycles. The standard InChI is InChI=1S/C14H18N4O5S/c15-8-10-11(18-24(16,21)22)4-3-5-12(10)23-9-14(17-13(19)20)6-1-2-7-14/h3-5,17-18H,1-2,6-7,9H2,(H,19,20)(H2,16,21,22). The monoisotopic (exact) mass is 354 g/mol. The molecule has 1 fully saturated rings. The fourth-order valence-corrected chi connectivity index (χ4v) is 3.28. The second-order valence-electron chi connectivity index (χ2n) is 5.64. The van der Waals surface area contributed by atoms with Crippen molar-refractivity contribution in [2.45, 2.75) is 31.2 Å². The lowest BCUT2D eigenvalue weighted by Gasteiger charge is -2.29. The van der Waals surface area contributed by atoms with Crippen molar-refractivity contribution in [1.82, 2.24) is 5.32 Å². The Morgan fingerprint density at radius 3 is 2.62 bits per heavy atom. The maximum atomic E-state index is 11.2. The summed E-state index contributed by atoms with van der Waals surface area (Å²) in [6.07, 6.45) is 1.89. The first-order valence-electron chi connectivity index (χ1n) is 7.22. The number of nitrogens with two attached hydrogens (primary N) is 1. The van der Waals surface area contributed by atoms with Crippen molar-refractivity contribution in [3.05, 3.63) is 23.8 Å². The van der Waals surface area contributed by atoms with Crippen LogP contribution < -0.4 is 19.9 Å². The number of nitrogens with zero attached hydrogens (tertiary/aromatic N) is 1. The SMILES string of the molecule is N#Cc1c(NS(N)(=O)=O)cccc1OCC1(NC(=O)O)CCCC1. The van der Waals surface area contributed by atoms with Crippen LogP contribution in [0.2, 0.25) is 0 Å². The number of carbonyl (C=O) groups is 1. The molecule has 10 heteroatoms. The minimum absolute atomic E-state index is 0.00386. The van der Waals surface area contributed by atoms with Gasteiger partial charge in [0.25, 0.3) is 10.2 Å². The molecule has 0 unspecified atom stereocenters. The number of nitrogens with one attached hydrogen (secondary N) is 2. The fraction of sp³-hybridized carbons (Fsp3) is 0.429. The zero-order valence-corrected chi connectivity index (χ0v) is 13.6. The lowest BCUT2D eigenvalue weighted by molar-refractivity contribution is 0.149. The lowest BCUT2D eigenvalue weighted by atomic mass is 9.99. The quantitative estimate of drug-likeness (QED) is 0.600. The predicted octanol–water partition coefficient (Wildman–Crippen LogP) is 1.13. The summed E-state index contributed by atoms with van der Waals surface area (Å²) >= 11 is 0. The fourth-order valence-electron chi connectivity index (χ4n) is 2.80. The van der Waals surface area contributed by atoms with E-state index in [1.165, 1.54) is 18.2 Å². The van der Waals surface area contributed by atoms with E-state index in [9.17, 15) is 18.5 Å². The highest BCUT2D eigenvalue weighted by atomic mass is 32.2. The molecule has 9 nitrogen and oxygen atoms in total. The molecule has 5 N–H and O–H groups in total. The maximum absolute atomic E-state index is 11.2. The largest absolute Gasteiger partial charge is 0.490 e. The Morgan fingerprint density at radius 1 is 1.42 bits per heavy atom. The molecule has 130 valence electrons. The van der Waals surface area contributed by atoms with Crippen LogP contribution in [0, 0.1) is 11.3 Å². The second-order valence-corrected chi connectivity index (χ2v) is 6.94. The number of rotatable bonds is 6. The molecule has 1 aliphatic carbocycles. The molecule has 24 heavy (non-hydrogen) atoms. The summed E-state index contributed by atoms with van der Waals surface area (Å²) in [5, 5.41) is 25.7. The molecule has 0 saturated heterocycles. The van der Waals surface area contributed by atoms with Gasteiger partial charge >= 0.3 is 6.09 Å². The van der Waals surface area contributed by atoms with Gasteiger partial charge in [-0.05, 0) is 25.0 Å². The molecular weight excluding hydrogens is 336 g/mol. The minimum Gasteiger partial charge on any atom is -0.490 e. The van der Waals surface area contributed by atoms with Gasteiger partial charge in [0.1, 0.15) is 24.0 Å². The normalized spacial score (nSPS) is 16.2. The van der Waals surface area contributed by atoms with Gasteiger partial charge in [-0.15, -0.1) is 0 Å². The molecule has 2 rings (SSSR count). The summed E-state index contributed by atoms with van der Waals surface area (Å²) in [7, 11) is -4.03. The molecular formula is C14H18N4O5S. The summed E-state index contributed by atoms with van der Waals surface area (Å²) in [6.45, 7) is 0.0484. The van der Waals surface area contributed by atoms with Crippen molar-refractivity contribution in [2.24, 2.45) is 5.14 Å². The number of amides is 1. The Bertz CT molecular complexity index is 766. The Kier molecular flexibility index (Phi) is 5.16. The third-order valence-electron chi connectivity index (χ3n) is 3.83. The van der Waals surface area contributed by atoms with Crippen LogP contribution >= 0.6 is 0 Å². The summed E-state index contributed by atoms with van der Waals surface area (Å²) in [4.78, 5) is 11.0. The number of nitriles is 1. The van der Waals surface area contributed by atoms with Crippen LogP contribution in [0.4, 0.5) is 10.5 Å². The molecule has 1 aromatic rings. The molecule has 1 aromatic carbocycles. The molecule has 0 bridgehead atoms. The van der Waals surface area contributed by atoms with Gasteiger partial charge in [0, 0.05) is 0 Å². The van der Waals surface area contributed by atoms with E-state index in [2.05, 4.69) is 5.32 Å². The van der Waals surface area contributed by atoms with Crippen molar-refractivity contribution < 1.29 is 23.1 Å². The van der Waals surface area contributed by atoms with E-state index in [-0.39, 0.29) is 23.6 Å². The third-order valence-corrected chi connectivity index (χ3v) is 4.33. The van der Waals surface area contributed by atoms with E-state index in [0.717, 1.165) is 12.8 Å². The highest BCUT2D eigenvalue weighted by molar-refractivity contribution is 7.90. The Balaban J connectivity index is 2.22. The zero-order chi connectivity index (χ0) is 17.8. The Labute approximate surface area is 139 Å². The van der Waals surface area contributed by atoms with Gasteiger partial charge in [0.2, 0.25) is 0 Å². The average molecular weight is 354 g/mol. The van der Waals surface area contributed by atoms with Crippen LogP contribution in [-0.4, -0.2) is 31.8 Å². The first-order valence-corrected chi connectivity index (χ1v) is 8.77. The van der Waals surface area contributed by atoms with Crippen molar-refractivity contribution in [3.63, 3.8) is 0 Å². The van der Waals surface area contributed by atoms with E-state index in [1.54, 1.807) is 0 Å². The van der Waals surface area contributed by atoms with Crippen molar-refractivity contribution in [3.8, 4) is 11.8 Å². The topological polar surface area (TPSA) is 155 Å². The van der Waals surface area contributed by atoms with Crippen LogP contribution in [0.25, 0.3) is 0 Å². The van der Waals surface area contributed by atoms with Gasteiger partial charge in [-0.3, -0.25) is 4.72 Å². The van der Waals surface area contributed by atoms with Gasteiger partial charge in [0.05, 0.1) is 11.2 Å². The number of ether oxygens (including phenoxy) is 1. The molecule has 0 aliphatic heterocycles. The van der Waals surface area contributed by atoms with E-state index >= 15 is 0 Å². The number of carboxylic acid groups (broad SMARTS) is 1. The molecule has 0 spiro atoms. The summed E-state index contributed by atoms with van der Waals surface area (Å²) < 4.78 is 30.0. The maximum Gasteiger partial charge on any atom is 0.405 e. The van der Waals surface area contributed by atoms with Gasteiger partial charge in [-0.25, -0.2) is 9.93 Å². The number of benzene rings is 1. The van der Waals surface area contributed by atoms with Crippen LogP contribution in [0.15, 0.2) is 18.2 Å². The highest BCUT2D eigenvalue weighted by Gasteiger charge is 2.36. The summed E-state index contributed by atoms with van der Waals surface area (Å²) in [6, 6.07) is 6.28. The number of hydrogen-bond donors (Lipinski definition) is 4. The Hall–Kier alpha value is -2.51. The lowest BCUT2D eigenvalue weighted by Crippen LogP contribution is -2.50. The van der Waals surface area contributed by atoms with Gasteiger partial charge in [0.15, 0.2) is 0 Å². The predicted molar refractivity (Wildman–Crippen MR) is 85.7 cm³/mol. The van der Waals surface area contributed by atoms with E-state index in [4.69, 9.17) is 15.0 Å². The van der Waals surface area contributed by atoms with Crippen LogP contribution in [0.5, 0.6) is 5.75 Å². The molecule has 0 heterocycles. The van der Waals surface area contributed by atoms with Crippen LogP contribution in [0.1, 0.15) is 31.2 Å². The van der Waals surface area contributed by atoms with E-state index in [1.807, 2.05) is 10.8 Å². The van der Waals surface area contributed by atoms with Gasteiger partial charge < -0.3 is 15.2 Å². The van der Waals surface area contributed by atoms with Crippen LogP contribution in [0.3, 0.4) is 0 Å². The molecule has 1 amide bonds. The molecule has 0 radical (unpaired) electrons. The van der Waals surface area contributed by atoms with Crippen molar-refractivity contribution in [2.75, 3.05) is 11.3 Å². The first-order chi connectivity index (χ1) is 11.2. The number of anilines is 1. The third kappa shape index (κ3) is 4.50. The van der Waals surface area contributed by atoms with Gasteiger partial charge in [-0.2, -0.15) is 13.7 Å². The van der Waals surface area contributed by atoms with Crippen molar-refractivity contribution in [1.29, 1.82) is 5.26 Å². The molecule has 0 atom stereocenters. The number of hydrogen-bond acceptors (Lipinski definition) is 5.